The lowest BCUT2D eigenvalue weighted by Gasteiger charge is -2.18. The predicted octanol–water partition coefficient (Wildman–Crippen LogP) is 2.66. The second-order valence-electron chi connectivity index (χ2n) is 3.60. The molecule has 0 atom stereocenters. The van der Waals surface area contributed by atoms with Crippen LogP contribution in [0.1, 0.15) is 5.56 Å². The third-order valence-corrected chi connectivity index (χ3v) is 2.74. The van der Waals surface area contributed by atoms with Crippen LogP contribution in [0.25, 0.3) is 0 Å². The highest BCUT2D eigenvalue weighted by atomic mass is 79.9. The van der Waals surface area contributed by atoms with Gasteiger partial charge >= 0.3 is 5.97 Å². The summed E-state index contributed by atoms with van der Waals surface area (Å²) in [6.45, 7) is 4.42. The van der Waals surface area contributed by atoms with Gasteiger partial charge in [0.15, 0.2) is 0 Å². The first-order valence-corrected chi connectivity index (χ1v) is 5.81. The number of carbonyl (C=O) groups is 1. The maximum atomic E-state index is 13.0. The molecule has 0 saturated heterocycles. The molecule has 0 amide bonds. The molecule has 1 aromatic carbocycles. The van der Waals surface area contributed by atoms with E-state index in [0.29, 0.717) is 17.6 Å². The van der Waals surface area contributed by atoms with Crippen LogP contribution in [-0.4, -0.2) is 29.1 Å². The lowest BCUT2D eigenvalue weighted by Crippen LogP contribution is -2.29. The van der Waals surface area contributed by atoms with Crippen LogP contribution in [0.4, 0.5) is 4.39 Å². The van der Waals surface area contributed by atoms with Gasteiger partial charge in [-0.15, -0.1) is 6.58 Å². The van der Waals surface area contributed by atoms with Gasteiger partial charge in [0.2, 0.25) is 0 Å². The summed E-state index contributed by atoms with van der Waals surface area (Å²) in [6.07, 6.45) is 1.64. The van der Waals surface area contributed by atoms with Crippen LogP contribution in [0.3, 0.4) is 0 Å². The molecule has 0 spiro atoms. The molecule has 0 bridgehead atoms. The monoisotopic (exact) mass is 301 g/mol. The Bertz CT molecular complexity index is 423. The zero-order valence-electron chi connectivity index (χ0n) is 9.20. The molecule has 0 heterocycles. The molecule has 3 nitrogen and oxygen atoms in total. The van der Waals surface area contributed by atoms with Crippen LogP contribution in [0.2, 0.25) is 0 Å². The van der Waals surface area contributed by atoms with E-state index in [1.807, 2.05) is 0 Å². The average Bonchev–Trinajstić information content (AvgIpc) is 2.23. The van der Waals surface area contributed by atoms with Crippen molar-refractivity contribution in [2.24, 2.45) is 0 Å². The number of halogens is 2. The molecule has 1 N–H and O–H groups in total. The summed E-state index contributed by atoms with van der Waals surface area (Å²) in [4.78, 5) is 12.4. The number of benzene rings is 1. The minimum atomic E-state index is -0.895. The molecule has 17 heavy (non-hydrogen) atoms. The van der Waals surface area contributed by atoms with Gasteiger partial charge in [-0.3, -0.25) is 9.69 Å². The van der Waals surface area contributed by atoms with Gasteiger partial charge in [-0.05, 0) is 33.6 Å². The van der Waals surface area contributed by atoms with E-state index in [1.165, 1.54) is 6.07 Å². The SMILES string of the molecule is C=CCN(CC(=O)O)Cc1ccc(F)c(Br)c1. The zero-order valence-corrected chi connectivity index (χ0v) is 10.8. The molecule has 5 heteroatoms. The number of carboxylic acids is 1. The second-order valence-corrected chi connectivity index (χ2v) is 4.45. The summed E-state index contributed by atoms with van der Waals surface area (Å²) in [5, 5.41) is 8.74. The molecule has 0 unspecified atom stereocenters. The lowest BCUT2D eigenvalue weighted by atomic mass is 10.2. The Hall–Kier alpha value is -1.20. The molecular weight excluding hydrogens is 289 g/mol. The summed E-state index contributed by atoms with van der Waals surface area (Å²) in [5.41, 5.74) is 0.848. The Morgan fingerprint density at radius 1 is 1.59 bits per heavy atom. The van der Waals surface area contributed by atoms with Crippen molar-refractivity contribution in [1.29, 1.82) is 0 Å². The van der Waals surface area contributed by atoms with Crippen LogP contribution in [0, 0.1) is 5.82 Å². The number of hydrogen-bond acceptors (Lipinski definition) is 2. The average molecular weight is 302 g/mol. The maximum Gasteiger partial charge on any atom is 0.317 e. The van der Waals surface area contributed by atoms with Gasteiger partial charge < -0.3 is 5.11 Å². The van der Waals surface area contributed by atoms with Crippen LogP contribution in [0.15, 0.2) is 35.3 Å². The molecule has 1 rings (SSSR count). The first-order chi connectivity index (χ1) is 8.02. The van der Waals surface area contributed by atoms with Gasteiger partial charge in [0, 0.05) is 13.1 Å². The summed E-state index contributed by atoms with van der Waals surface area (Å²) in [5.74, 6) is -1.23. The Balaban J connectivity index is 2.74. The highest BCUT2D eigenvalue weighted by Crippen LogP contribution is 2.17. The molecule has 0 aliphatic rings. The molecule has 1 aromatic rings. The largest absolute Gasteiger partial charge is 0.480 e. The third-order valence-electron chi connectivity index (χ3n) is 2.14. The minimum absolute atomic E-state index is 0.0684. The minimum Gasteiger partial charge on any atom is -0.480 e. The number of rotatable bonds is 6. The van der Waals surface area contributed by atoms with E-state index >= 15 is 0 Å². The topological polar surface area (TPSA) is 40.5 Å². The van der Waals surface area contributed by atoms with E-state index < -0.39 is 5.97 Å². The van der Waals surface area contributed by atoms with Gasteiger partial charge in [0.05, 0.1) is 11.0 Å². The van der Waals surface area contributed by atoms with Gasteiger partial charge in [0.1, 0.15) is 5.82 Å². The summed E-state index contributed by atoms with van der Waals surface area (Å²) in [7, 11) is 0. The van der Waals surface area contributed by atoms with Gasteiger partial charge in [-0.2, -0.15) is 0 Å². The second kappa shape index (κ2) is 6.51. The molecule has 0 aliphatic carbocycles. The van der Waals surface area contributed by atoms with Crippen LogP contribution >= 0.6 is 15.9 Å². The highest BCUT2D eigenvalue weighted by Gasteiger charge is 2.09. The third kappa shape index (κ3) is 4.66. The lowest BCUT2D eigenvalue weighted by molar-refractivity contribution is -0.138. The van der Waals surface area contributed by atoms with Crippen molar-refractivity contribution >= 4 is 21.9 Å². The number of hydrogen-bond donors (Lipinski definition) is 1. The van der Waals surface area contributed by atoms with Crippen molar-refractivity contribution in [3.63, 3.8) is 0 Å². The van der Waals surface area contributed by atoms with E-state index in [-0.39, 0.29) is 12.4 Å². The summed E-state index contributed by atoms with van der Waals surface area (Å²) < 4.78 is 13.4. The number of nitrogens with zero attached hydrogens (tertiary/aromatic N) is 1. The Kier molecular flexibility index (Phi) is 5.31. The Labute approximate surface area is 108 Å². The van der Waals surface area contributed by atoms with Crippen molar-refractivity contribution in [2.75, 3.05) is 13.1 Å². The van der Waals surface area contributed by atoms with E-state index in [1.54, 1.807) is 23.1 Å². The van der Waals surface area contributed by atoms with Crippen LogP contribution in [0.5, 0.6) is 0 Å². The fraction of sp³-hybridized carbons (Fsp3) is 0.250. The van der Waals surface area contributed by atoms with Crippen LogP contribution in [-0.2, 0) is 11.3 Å². The summed E-state index contributed by atoms with van der Waals surface area (Å²) >= 11 is 3.10. The summed E-state index contributed by atoms with van der Waals surface area (Å²) in [6, 6.07) is 4.64. The van der Waals surface area contributed by atoms with E-state index in [0.717, 1.165) is 5.56 Å². The first-order valence-electron chi connectivity index (χ1n) is 5.02. The molecule has 92 valence electrons. The number of aliphatic carboxylic acids is 1. The van der Waals surface area contributed by atoms with E-state index in [4.69, 9.17) is 5.11 Å². The maximum absolute atomic E-state index is 13.0. The smallest absolute Gasteiger partial charge is 0.317 e. The van der Waals surface area contributed by atoms with Gasteiger partial charge in [-0.1, -0.05) is 12.1 Å². The van der Waals surface area contributed by atoms with Gasteiger partial charge in [-0.25, -0.2) is 4.39 Å². The molecular formula is C12H13BrFNO2. The molecule has 0 aromatic heterocycles. The van der Waals surface area contributed by atoms with Crippen molar-refractivity contribution in [1.82, 2.24) is 4.90 Å². The molecule has 0 fully saturated rings. The van der Waals surface area contributed by atoms with Crippen molar-refractivity contribution < 1.29 is 14.3 Å². The molecule has 0 saturated carbocycles. The van der Waals surface area contributed by atoms with Crippen molar-refractivity contribution in [3.8, 4) is 0 Å². The quantitative estimate of drug-likeness (QED) is 0.821. The predicted molar refractivity (Wildman–Crippen MR) is 67.2 cm³/mol. The fourth-order valence-electron chi connectivity index (χ4n) is 1.46. The first kappa shape index (κ1) is 13.9. The highest BCUT2D eigenvalue weighted by molar-refractivity contribution is 9.10. The van der Waals surface area contributed by atoms with Crippen molar-refractivity contribution in [2.45, 2.75) is 6.54 Å². The normalized spacial score (nSPS) is 10.5. The van der Waals surface area contributed by atoms with E-state index in [2.05, 4.69) is 22.5 Å². The Morgan fingerprint density at radius 2 is 2.29 bits per heavy atom. The number of carboxylic acid groups (broad SMARTS) is 1. The standard InChI is InChI=1S/C12H13BrFNO2/c1-2-5-15(8-12(16)17)7-9-3-4-11(14)10(13)6-9/h2-4,6H,1,5,7-8H2,(H,16,17). The zero-order chi connectivity index (χ0) is 12.8. The van der Waals surface area contributed by atoms with E-state index in [9.17, 15) is 9.18 Å². The van der Waals surface area contributed by atoms with Crippen molar-refractivity contribution in [3.05, 3.63) is 46.7 Å². The Morgan fingerprint density at radius 3 is 2.82 bits per heavy atom. The fourth-order valence-corrected chi connectivity index (χ4v) is 1.88. The van der Waals surface area contributed by atoms with Crippen LogP contribution < -0.4 is 0 Å². The molecule has 0 radical (unpaired) electrons. The molecule has 0 aliphatic heterocycles. The van der Waals surface area contributed by atoms with Gasteiger partial charge in [0.25, 0.3) is 0 Å².